The number of nitrogens with zero attached hydrogens (tertiary/aromatic N) is 3. The molecule has 110 valence electrons. The Hall–Kier alpha value is -1.37. The summed E-state index contributed by atoms with van der Waals surface area (Å²) in [5, 5.41) is 3.27. The minimum atomic E-state index is -4.07. The van der Waals surface area contributed by atoms with Crippen LogP contribution < -0.4 is 10.2 Å². The summed E-state index contributed by atoms with van der Waals surface area (Å²) in [5.74, 6) is -0.364. The molecule has 0 unspecified atom stereocenters. The molecular weight excluding hydrogens is 269 g/mol. The summed E-state index contributed by atoms with van der Waals surface area (Å²) < 4.78 is 38.1. The van der Waals surface area contributed by atoms with Crippen LogP contribution in [0.25, 0.3) is 0 Å². The Morgan fingerprint density at radius 3 is 2.65 bits per heavy atom. The van der Waals surface area contributed by atoms with Gasteiger partial charge in [0.05, 0.1) is 11.6 Å². The lowest BCUT2D eigenvalue weighted by molar-refractivity contribution is -0.179. The van der Waals surface area contributed by atoms with E-state index in [-0.39, 0.29) is 12.8 Å². The van der Waals surface area contributed by atoms with Crippen molar-refractivity contribution in [3.8, 4) is 0 Å². The first-order valence-electron chi connectivity index (χ1n) is 6.91. The maximum Gasteiger partial charge on any atom is 0.391 e. The van der Waals surface area contributed by atoms with Gasteiger partial charge in [0.2, 0.25) is 0 Å². The topological polar surface area (TPSA) is 41.1 Å². The third kappa shape index (κ3) is 2.59. The van der Waals surface area contributed by atoms with Gasteiger partial charge in [-0.2, -0.15) is 13.2 Å². The molecule has 0 amide bonds. The number of alkyl halides is 3. The van der Waals surface area contributed by atoms with Gasteiger partial charge in [0.1, 0.15) is 12.1 Å². The largest absolute Gasteiger partial charge is 0.391 e. The normalized spacial score (nSPS) is 20.9. The standard InChI is InChI=1S/C13H17F3N4/c14-13(15,16)9-2-5-20(6-3-9)12-10-7-17-4-1-11(10)18-8-19-12/h8-9,17H,1-7H2. The van der Waals surface area contributed by atoms with Crippen molar-refractivity contribution in [3.05, 3.63) is 17.6 Å². The smallest absolute Gasteiger partial charge is 0.356 e. The summed E-state index contributed by atoms with van der Waals surface area (Å²) in [5.41, 5.74) is 2.07. The molecular formula is C13H17F3N4. The molecule has 0 bridgehead atoms. The van der Waals surface area contributed by atoms with Crippen LogP contribution in [-0.4, -0.2) is 35.8 Å². The minimum Gasteiger partial charge on any atom is -0.356 e. The Kier molecular flexibility index (Phi) is 3.54. The molecule has 20 heavy (non-hydrogen) atoms. The van der Waals surface area contributed by atoms with Crippen LogP contribution in [0.2, 0.25) is 0 Å². The van der Waals surface area contributed by atoms with Crippen molar-refractivity contribution in [1.82, 2.24) is 15.3 Å². The number of hydrogen-bond donors (Lipinski definition) is 1. The maximum atomic E-state index is 12.7. The highest BCUT2D eigenvalue weighted by Crippen LogP contribution is 2.35. The van der Waals surface area contributed by atoms with Crippen LogP contribution in [0, 0.1) is 5.92 Å². The fraction of sp³-hybridized carbons (Fsp3) is 0.692. The Balaban J connectivity index is 1.76. The van der Waals surface area contributed by atoms with Crippen LogP contribution >= 0.6 is 0 Å². The molecule has 1 N–H and O–H groups in total. The van der Waals surface area contributed by atoms with Gasteiger partial charge in [0.25, 0.3) is 0 Å². The van der Waals surface area contributed by atoms with Crippen LogP contribution in [0.1, 0.15) is 24.1 Å². The third-order valence-electron chi connectivity index (χ3n) is 4.11. The van der Waals surface area contributed by atoms with Crippen molar-refractivity contribution in [2.24, 2.45) is 5.92 Å². The van der Waals surface area contributed by atoms with Crippen molar-refractivity contribution in [2.75, 3.05) is 24.5 Å². The van der Waals surface area contributed by atoms with Crippen LogP contribution in [0.4, 0.5) is 19.0 Å². The van der Waals surface area contributed by atoms with Gasteiger partial charge in [-0.05, 0) is 12.8 Å². The Morgan fingerprint density at radius 2 is 1.95 bits per heavy atom. The highest BCUT2D eigenvalue weighted by atomic mass is 19.4. The molecule has 1 saturated heterocycles. The van der Waals surface area contributed by atoms with Gasteiger partial charge < -0.3 is 10.2 Å². The molecule has 0 aliphatic carbocycles. The van der Waals surface area contributed by atoms with Gasteiger partial charge in [-0.15, -0.1) is 0 Å². The molecule has 0 spiro atoms. The van der Waals surface area contributed by atoms with Gasteiger partial charge >= 0.3 is 6.18 Å². The van der Waals surface area contributed by atoms with Crippen molar-refractivity contribution >= 4 is 5.82 Å². The quantitative estimate of drug-likeness (QED) is 0.856. The van der Waals surface area contributed by atoms with Crippen LogP contribution in [0.3, 0.4) is 0 Å². The molecule has 3 rings (SSSR count). The summed E-state index contributed by atoms with van der Waals surface area (Å²) in [7, 11) is 0. The average molecular weight is 286 g/mol. The van der Waals surface area contributed by atoms with E-state index < -0.39 is 12.1 Å². The molecule has 1 fully saturated rings. The second-order valence-electron chi connectivity index (χ2n) is 5.35. The number of nitrogens with one attached hydrogen (secondary N) is 1. The number of rotatable bonds is 1. The van der Waals surface area contributed by atoms with E-state index in [0.29, 0.717) is 19.6 Å². The Labute approximate surface area is 115 Å². The van der Waals surface area contributed by atoms with E-state index in [9.17, 15) is 13.2 Å². The van der Waals surface area contributed by atoms with Crippen LogP contribution in [0.15, 0.2) is 6.33 Å². The highest BCUT2D eigenvalue weighted by molar-refractivity contribution is 5.49. The summed E-state index contributed by atoms with van der Waals surface area (Å²) in [4.78, 5) is 10.5. The molecule has 7 heteroatoms. The monoisotopic (exact) mass is 286 g/mol. The third-order valence-corrected chi connectivity index (χ3v) is 4.11. The first-order valence-corrected chi connectivity index (χ1v) is 6.91. The highest BCUT2D eigenvalue weighted by Gasteiger charge is 2.41. The average Bonchev–Trinajstić information content (AvgIpc) is 2.46. The van der Waals surface area contributed by atoms with E-state index in [1.165, 1.54) is 6.33 Å². The lowest BCUT2D eigenvalue weighted by atomic mass is 9.95. The SMILES string of the molecule is FC(F)(F)C1CCN(c2ncnc3c2CNCC3)CC1. The van der Waals surface area contributed by atoms with E-state index in [1.54, 1.807) is 0 Å². The number of fused-ring (bicyclic) bond motifs is 1. The summed E-state index contributed by atoms with van der Waals surface area (Å²) in [6, 6.07) is 0. The van der Waals surface area contributed by atoms with Gasteiger partial charge in [-0.1, -0.05) is 0 Å². The van der Waals surface area contributed by atoms with E-state index in [0.717, 1.165) is 30.0 Å². The van der Waals surface area contributed by atoms with Crippen LogP contribution in [0.5, 0.6) is 0 Å². The molecule has 0 atom stereocenters. The molecule has 2 aliphatic heterocycles. The maximum absolute atomic E-state index is 12.7. The molecule has 1 aromatic heterocycles. The van der Waals surface area contributed by atoms with Gasteiger partial charge in [0.15, 0.2) is 0 Å². The Bertz CT molecular complexity index is 481. The molecule has 0 radical (unpaired) electrons. The second kappa shape index (κ2) is 5.20. The van der Waals surface area contributed by atoms with Crippen molar-refractivity contribution in [1.29, 1.82) is 0 Å². The summed E-state index contributed by atoms with van der Waals surface area (Å²) in [6.45, 7) is 2.41. The van der Waals surface area contributed by atoms with Crippen molar-refractivity contribution < 1.29 is 13.2 Å². The van der Waals surface area contributed by atoms with Crippen molar-refractivity contribution in [2.45, 2.75) is 32.0 Å². The predicted octanol–water partition coefficient (Wildman–Crippen LogP) is 1.90. The molecule has 4 nitrogen and oxygen atoms in total. The summed E-state index contributed by atoms with van der Waals surface area (Å²) in [6.07, 6.45) is -1.40. The van der Waals surface area contributed by atoms with Gasteiger partial charge in [0, 0.05) is 38.2 Å². The number of aromatic nitrogens is 2. The molecule has 2 aliphatic rings. The van der Waals surface area contributed by atoms with Gasteiger partial charge in [-0.25, -0.2) is 9.97 Å². The molecule has 0 aromatic carbocycles. The van der Waals surface area contributed by atoms with E-state index >= 15 is 0 Å². The van der Waals surface area contributed by atoms with E-state index in [4.69, 9.17) is 0 Å². The predicted molar refractivity (Wildman–Crippen MR) is 68.4 cm³/mol. The fourth-order valence-corrected chi connectivity index (χ4v) is 2.95. The Morgan fingerprint density at radius 1 is 1.20 bits per heavy atom. The number of anilines is 1. The molecule has 1 aromatic rings. The zero-order valence-electron chi connectivity index (χ0n) is 11.1. The molecule has 0 saturated carbocycles. The zero-order chi connectivity index (χ0) is 14.2. The van der Waals surface area contributed by atoms with Gasteiger partial charge in [-0.3, -0.25) is 0 Å². The fourth-order valence-electron chi connectivity index (χ4n) is 2.95. The van der Waals surface area contributed by atoms with Crippen LogP contribution in [-0.2, 0) is 13.0 Å². The first kappa shape index (κ1) is 13.6. The van der Waals surface area contributed by atoms with E-state index in [1.807, 2.05) is 4.90 Å². The lowest BCUT2D eigenvalue weighted by Crippen LogP contribution is -2.40. The number of hydrogen-bond acceptors (Lipinski definition) is 4. The number of halogens is 3. The number of piperidine rings is 1. The lowest BCUT2D eigenvalue weighted by Gasteiger charge is -2.35. The van der Waals surface area contributed by atoms with Crippen molar-refractivity contribution in [3.63, 3.8) is 0 Å². The minimum absolute atomic E-state index is 0.149. The molecule has 3 heterocycles. The van der Waals surface area contributed by atoms with E-state index in [2.05, 4.69) is 15.3 Å². The summed E-state index contributed by atoms with van der Waals surface area (Å²) >= 11 is 0. The zero-order valence-corrected chi connectivity index (χ0v) is 11.1. The first-order chi connectivity index (χ1) is 9.55. The second-order valence-corrected chi connectivity index (χ2v) is 5.35.